The Balaban J connectivity index is 1.91. The predicted molar refractivity (Wildman–Crippen MR) is 60.1 cm³/mol. The molecule has 1 aliphatic carbocycles. The van der Waals surface area contributed by atoms with Crippen molar-refractivity contribution in [3.05, 3.63) is 29.3 Å². The Kier molecular flexibility index (Phi) is 2.73. The fourth-order valence-electron chi connectivity index (χ4n) is 1.67. The van der Waals surface area contributed by atoms with Crippen LogP contribution in [0.25, 0.3) is 0 Å². The number of nitrogens with two attached hydrogens (primary N) is 1. The second-order valence-electron chi connectivity index (χ2n) is 4.20. The Morgan fingerprint density at radius 3 is 2.79 bits per heavy atom. The lowest BCUT2D eigenvalue weighted by Crippen LogP contribution is -2.34. The summed E-state index contributed by atoms with van der Waals surface area (Å²) in [5.41, 5.74) is 9.20. The lowest BCUT2D eigenvalue weighted by atomic mass is 9.93. The summed E-state index contributed by atoms with van der Waals surface area (Å²) in [5, 5.41) is 3.53. The van der Waals surface area contributed by atoms with Crippen molar-refractivity contribution >= 4 is 5.69 Å². The van der Waals surface area contributed by atoms with Crippen LogP contribution in [0.1, 0.15) is 30.4 Å². The van der Waals surface area contributed by atoms with E-state index in [2.05, 4.69) is 23.5 Å². The van der Waals surface area contributed by atoms with Crippen molar-refractivity contribution in [1.29, 1.82) is 0 Å². The van der Waals surface area contributed by atoms with Crippen LogP contribution in [0.4, 0.5) is 5.69 Å². The number of nitrogens with one attached hydrogen (secondary N) is 1. The average Bonchev–Trinajstić information content (AvgIpc) is 2.08. The van der Waals surface area contributed by atoms with Gasteiger partial charge in [-0.1, -0.05) is 18.6 Å². The Morgan fingerprint density at radius 1 is 1.43 bits per heavy atom. The number of hydrogen-bond donors (Lipinski definition) is 2. The van der Waals surface area contributed by atoms with Gasteiger partial charge < -0.3 is 11.1 Å². The minimum absolute atomic E-state index is 0.748. The molecule has 0 heterocycles. The summed E-state index contributed by atoms with van der Waals surface area (Å²) in [6.07, 6.45) is 4.05. The third kappa shape index (κ3) is 2.07. The summed E-state index contributed by atoms with van der Waals surface area (Å²) in [7, 11) is 0. The molecule has 0 aliphatic heterocycles. The van der Waals surface area contributed by atoms with Crippen LogP contribution in [0, 0.1) is 6.92 Å². The summed E-state index contributed by atoms with van der Waals surface area (Å²) in [5.74, 6) is 0. The van der Waals surface area contributed by atoms with E-state index in [1.54, 1.807) is 0 Å². The van der Waals surface area contributed by atoms with Gasteiger partial charge in [-0.05, 0) is 37.0 Å². The van der Waals surface area contributed by atoms with Gasteiger partial charge in [0.25, 0.3) is 0 Å². The van der Waals surface area contributed by atoms with Gasteiger partial charge >= 0.3 is 0 Å². The van der Waals surface area contributed by atoms with E-state index in [-0.39, 0.29) is 0 Å². The first kappa shape index (κ1) is 9.53. The minimum atomic E-state index is 0.748. The smallest absolute Gasteiger partial charge is 0.0346 e. The van der Waals surface area contributed by atoms with Gasteiger partial charge in [-0.25, -0.2) is 0 Å². The number of anilines is 1. The van der Waals surface area contributed by atoms with Gasteiger partial charge in [-0.2, -0.15) is 0 Å². The van der Waals surface area contributed by atoms with E-state index >= 15 is 0 Å². The standard InChI is InChI=1S/C12H18N2/c1-9-5-6-10(7-12(9)13)8-14-11-3-2-4-11/h5-7,11,14H,2-4,8,13H2,1H3. The molecule has 0 saturated heterocycles. The molecule has 14 heavy (non-hydrogen) atoms. The number of nitrogen functional groups attached to an aromatic ring is 1. The van der Waals surface area contributed by atoms with Crippen molar-refractivity contribution in [2.45, 2.75) is 38.8 Å². The molecule has 1 aromatic rings. The first-order valence-electron chi connectivity index (χ1n) is 5.34. The lowest BCUT2D eigenvalue weighted by molar-refractivity contribution is 0.338. The molecule has 1 aromatic carbocycles. The third-order valence-electron chi connectivity index (χ3n) is 3.04. The third-order valence-corrected chi connectivity index (χ3v) is 3.04. The molecule has 0 spiro atoms. The van der Waals surface area contributed by atoms with Gasteiger partial charge in [0.2, 0.25) is 0 Å². The molecule has 2 heteroatoms. The highest BCUT2D eigenvalue weighted by atomic mass is 14.9. The maximum atomic E-state index is 5.85. The van der Waals surface area contributed by atoms with Crippen LogP contribution in [-0.2, 0) is 6.54 Å². The molecule has 0 aromatic heterocycles. The Hall–Kier alpha value is -1.02. The van der Waals surface area contributed by atoms with Crippen LogP contribution in [0.15, 0.2) is 18.2 Å². The van der Waals surface area contributed by atoms with Crippen LogP contribution in [0.2, 0.25) is 0 Å². The maximum absolute atomic E-state index is 5.85. The van der Waals surface area contributed by atoms with Crippen molar-refractivity contribution in [2.24, 2.45) is 0 Å². The summed E-state index contributed by atoms with van der Waals surface area (Å²) in [6.45, 7) is 2.99. The van der Waals surface area contributed by atoms with E-state index in [0.717, 1.165) is 23.8 Å². The Morgan fingerprint density at radius 2 is 2.21 bits per heavy atom. The summed E-state index contributed by atoms with van der Waals surface area (Å²) >= 11 is 0. The molecule has 0 unspecified atom stereocenters. The van der Waals surface area contributed by atoms with Crippen molar-refractivity contribution < 1.29 is 0 Å². The highest BCUT2D eigenvalue weighted by Gasteiger charge is 2.15. The molecular formula is C12H18N2. The first-order valence-corrected chi connectivity index (χ1v) is 5.34. The lowest BCUT2D eigenvalue weighted by Gasteiger charge is -2.26. The molecule has 76 valence electrons. The molecule has 0 atom stereocenters. The number of benzene rings is 1. The molecule has 1 aliphatic rings. The molecule has 1 saturated carbocycles. The predicted octanol–water partition coefficient (Wildman–Crippen LogP) is 2.22. The van der Waals surface area contributed by atoms with E-state index in [1.165, 1.54) is 24.8 Å². The zero-order valence-electron chi connectivity index (χ0n) is 8.72. The maximum Gasteiger partial charge on any atom is 0.0346 e. The van der Waals surface area contributed by atoms with Crippen molar-refractivity contribution in [3.8, 4) is 0 Å². The van der Waals surface area contributed by atoms with Gasteiger partial charge in [0.15, 0.2) is 0 Å². The molecule has 1 fully saturated rings. The van der Waals surface area contributed by atoms with Gasteiger partial charge in [0.05, 0.1) is 0 Å². The number of rotatable bonds is 3. The summed E-state index contributed by atoms with van der Waals surface area (Å²) in [4.78, 5) is 0. The van der Waals surface area contributed by atoms with E-state index in [4.69, 9.17) is 5.73 Å². The normalized spacial score (nSPS) is 16.6. The minimum Gasteiger partial charge on any atom is -0.399 e. The van der Waals surface area contributed by atoms with Crippen molar-refractivity contribution in [2.75, 3.05) is 5.73 Å². The van der Waals surface area contributed by atoms with Gasteiger partial charge in [-0.15, -0.1) is 0 Å². The van der Waals surface area contributed by atoms with Gasteiger partial charge in [0, 0.05) is 18.3 Å². The molecule has 2 rings (SSSR count). The highest BCUT2D eigenvalue weighted by Crippen LogP contribution is 2.19. The number of hydrogen-bond acceptors (Lipinski definition) is 2. The largest absolute Gasteiger partial charge is 0.399 e. The average molecular weight is 190 g/mol. The molecule has 0 amide bonds. The van der Waals surface area contributed by atoms with Crippen LogP contribution in [0.3, 0.4) is 0 Å². The molecule has 0 bridgehead atoms. The second kappa shape index (κ2) is 4.01. The molecular weight excluding hydrogens is 172 g/mol. The van der Waals surface area contributed by atoms with Crippen LogP contribution in [0.5, 0.6) is 0 Å². The first-order chi connectivity index (χ1) is 6.75. The van der Waals surface area contributed by atoms with E-state index < -0.39 is 0 Å². The fourth-order valence-corrected chi connectivity index (χ4v) is 1.67. The Bertz CT molecular complexity index is 316. The van der Waals surface area contributed by atoms with E-state index in [9.17, 15) is 0 Å². The zero-order valence-corrected chi connectivity index (χ0v) is 8.72. The second-order valence-corrected chi connectivity index (χ2v) is 4.20. The molecule has 3 N–H and O–H groups in total. The summed E-state index contributed by atoms with van der Waals surface area (Å²) < 4.78 is 0. The SMILES string of the molecule is Cc1ccc(CNC2CCC2)cc1N. The summed E-state index contributed by atoms with van der Waals surface area (Å²) in [6, 6.07) is 7.06. The molecule has 2 nitrogen and oxygen atoms in total. The van der Waals surface area contributed by atoms with E-state index in [0.29, 0.717) is 0 Å². The zero-order chi connectivity index (χ0) is 9.97. The monoisotopic (exact) mass is 190 g/mol. The van der Waals surface area contributed by atoms with Crippen LogP contribution >= 0.6 is 0 Å². The quantitative estimate of drug-likeness (QED) is 0.717. The highest BCUT2D eigenvalue weighted by molar-refractivity contribution is 5.48. The van der Waals surface area contributed by atoms with Gasteiger partial charge in [-0.3, -0.25) is 0 Å². The van der Waals surface area contributed by atoms with Crippen LogP contribution in [-0.4, -0.2) is 6.04 Å². The fraction of sp³-hybridized carbons (Fsp3) is 0.500. The van der Waals surface area contributed by atoms with Crippen LogP contribution < -0.4 is 11.1 Å². The van der Waals surface area contributed by atoms with E-state index in [1.807, 2.05) is 6.92 Å². The number of aryl methyl sites for hydroxylation is 1. The van der Waals surface area contributed by atoms with Gasteiger partial charge in [0.1, 0.15) is 0 Å². The van der Waals surface area contributed by atoms with Crippen molar-refractivity contribution in [1.82, 2.24) is 5.32 Å². The Labute approximate surface area is 85.5 Å². The van der Waals surface area contributed by atoms with Crippen molar-refractivity contribution in [3.63, 3.8) is 0 Å². The molecule has 0 radical (unpaired) electrons. The topological polar surface area (TPSA) is 38.0 Å².